The number of nitrogens with one attached hydrogen (secondary N) is 1. The van der Waals surface area contributed by atoms with Crippen molar-refractivity contribution in [2.24, 2.45) is 0 Å². The number of thiophene rings is 2. The van der Waals surface area contributed by atoms with Crippen LogP contribution in [-0.2, 0) is 9.53 Å². The molecule has 1 aromatic carbocycles. The molecule has 1 N–H and O–H groups in total. The maximum atomic E-state index is 13.6. The van der Waals surface area contributed by atoms with Gasteiger partial charge < -0.3 is 10.1 Å². The summed E-state index contributed by atoms with van der Waals surface area (Å²) in [5, 5.41) is 5.07. The average Bonchev–Trinajstić information content (AvgIpc) is 3.22. The number of fused-ring (bicyclic) bond motifs is 1. The molecule has 0 saturated carbocycles. The van der Waals surface area contributed by atoms with E-state index in [-0.39, 0.29) is 29.3 Å². The van der Waals surface area contributed by atoms with Crippen molar-refractivity contribution in [1.29, 1.82) is 0 Å². The molecule has 0 saturated heterocycles. The highest BCUT2D eigenvalue weighted by atomic mass is 32.1. The van der Waals surface area contributed by atoms with E-state index in [0.29, 0.717) is 10.1 Å². The summed E-state index contributed by atoms with van der Waals surface area (Å²) in [6, 6.07) is 9.79. The summed E-state index contributed by atoms with van der Waals surface area (Å²) >= 11 is 2.68. The Morgan fingerprint density at radius 3 is 2.83 bits per heavy atom. The standard InChI is InChI=1S/C17H14FNO3S2/c1-10(13-6-3-7-23-13)19-16(20)9-22-17(21)15-8-11-12(18)4-2-5-14(11)24-15/h2-8,10H,9H2,1H3,(H,19,20)/t10-/m1/s1. The molecule has 0 unspecified atom stereocenters. The van der Waals surface area contributed by atoms with Crippen LogP contribution in [0.1, 0.15) is 27.5 Å². The van der Waals surface area contributed by atoms with Crippen LogP contribution in [0.25, 0.3) is 10.1 Å². The number of hydrogen-bond donors (Lipinski definition) is 1. The molecule has 0 aliphatic heterocycles. The predicted molar refractivity (Wildman–Crippen MR) is 92.9 cm³/mol. The van der Waals surface area contributed by atoms with Crippen LogP contribution in [0.5, 0.6) is 0 Å². The number of rotatable bonds is 5. The van der Waals surface area contributed by atoms with E-state index in [9.17, 15) is 14.0 Å². The first-order valence-corrected chi connectivity index (χ1v) is 8.92. The van der Waals surface area contributed by atoms with E-state index in [0.717, 1.165) is 16.2 Å². The van der Waals surface area contributed by atoms with E-state index in [2.05, 4.69) is 5.32 Å². The average molecular weight is 363 g/mol. The molecule has 124 valence electrons. The van der Waals surface area contributed by atoms with Crippen LogP contribution in [0, 0.1) is 5.82 Å². The summed E-state index contributed by atoms with van der Waals surface area (Å²) in [5.41, 5.74) is 0. The SMILES string of the molecule is C[C@@H](NC(=O)COC(=O)c1cc2c(F)cccc2s1)c1cccs1. The summed E-state index contributed by atoms with van der Waals surface area (Å²) in [6.45, 7) is 1.49. The molecule has 24 heavy (non-hydrogen) atoms. The molecule has 3 rings (SSSR count). The Morgan fingerprint density at radius 1 is 1.29 bits per heavy atom. The molecule has 7 heteroatoms. The van der Waals surface area contributed by atoms with Crippen molar-refractivity contribution in [3.63, 3.8) is 0 Å². The fourth-order valence-electron chi connectivity index (χ4n) is 2.22. The van der Waals surface area contributed by atoms with Gasteiger partial charge in [0.25, 0.3) is 5.91 Å². The van der Waals surface area contributed by atoms with Gasteiger partial charge in [-0.2, -0.15) is 0 Å². The minimum atomic E-state index is -0.630. The molecule has 1 atom stereocenters. The minimum Gasteiger partial charge on any atom is -0.451 e. The van der Waals surface area contributed by atoms with Gasteiger partial charge in [-0.05, 0) is 36.6 Å². The number of hydrogen-bond acceptors (Lipinski definition) is 5. The minimum absolute atomic E-state index is 0.144. The highest BCUT2D eigenvalue weighted by Crippen LogP contribution is 2.28. The largest absolute Gasteiger partial charge is 0.451 e. The Balaban J connectivity index is 1.58. The van der Waals surface area contributed by atoms with Crippen LogP contribution in [0.15, 0.2) is 41.8 Å². The second-order valence-corrected chi connectivity index (χ2v) is 7.21. The van der Waals surface area contributed by atoms with Crippen molar-refractivity contribution in [2.45, 2.75) is 13.0 Å². The number of carbonyl (C=O) groups excluding carboxylic acids is 2. The van der Waals surface area contributed by atoms with Crippen molar-refractivity contribution < 1.29 is 18.7 Å². The monoisotopic (exact) mass is 363 g/mol. The Morgan fingerprint density at radius 2 is 2.12 bits per heavy atom. The zero-order valence-corrected chi connectivity index (χ0v) is 14.4. The van der Waals surface area contributed by atoms with Crippen molar-refractivity contribution in [2.75, 3.05) is 6.61 Å². The van der Waals surface area contributed by atoms with Crippen molar-refractivity contribution in [1.82, 2.24) is 5.32 Å². The van der Waals surface area contributed by atoms with E-state index in [1.165, 1.54) is 12.1 Å². The number of esters is 1. The van der Waals surface area contributed by atoms with Gasteiger partial charge in [0.2, 0.25) is 0 Å². The van der Waals surface area contributed by atoms with E-state index in [1.54, 1.807) is 23.5 Å². The van der Waals surface area contributed by atoms with Gasteiger partial charge in [0, 0.05) is 15.0 Å². The van der Waals surface area contributed by atoms with E-state index in [4.69, 9.17) is 4.74 Å². The Kier molecular flexibility index (Phi) is 4.92. The summed E-state index contributed by atoms with van der Waals surface area (Å²) < 4.78 is 19.3. The molecule has 0 aliphatic rings. The molecule has 0 aliphatic carbocycles. The lowest BCUT2D eigenvalue weighted by molar-refractivity contribution is -0.124. The number of ether oxygens (including phenoxy) is 1. The first kappa shape index (κ1) is 16.6. The van der Waals surface area contributed by atoms with Crippen molar-refractivity contribution in [3.05, 3.63) is 57.3 Å². The quantitative estimate of drug-likeness (QED) is 0.693. The first-order chi connectivity index (χ1) is 11.5. The first-order valence-electron chi connectivity index (χ1n) is 7.22. The van der Waals surface area contributed by atoms with Gasteiger partial charge in [-0.1, -0.05) is 12.1 Å². The van der Waals surface area contributed by atoms with Crippen molar-refractivity contribution >= 4 is 44.6 Å². The molecule has 1 amide bonds. The lowest BCUT2D eigenvalue weighted by Crippen LogP contribution is -2.30. The molecule has 0 bridgehead atoms. The Hall–Kier alpha value is -2.25. The summed E-state index contributed by atoms with van der Waals surface area (Å²) in [7, 11) is 0. The van der Waals surface area contributed by atoms with E-state index >= 15 is 0 Å². The van der Waals surface area contributed by atoms with Crippen LogP contribution in [0.2, 0.25) is 0 Å². The summed E-state index contributed by atoms with van der Waals surface area (Å²) in [6.07, 6.45) is 0. The molecular formula is C17H14FNO3S2. The van der Waals surface area contributed by atoms with Crippen molar-refractivity contribution in [3.8, 4) is 0 Å². The number of benzene rings is 1. The molecule has 2 aromatic heterocycles. The van der Waals surface area contributed by atoms with Gasteiger partial charge in [0.05, 0.1) is 6.04 Å². The second-order valence-electron chi connectivity index (χ2n) is 5.14. The third-order valence-corrected chi connectivity index (χ3v) is 5.53. The molecule has 4 nitrogen and oxygen atoms in total. The lowest BCUT2D eigenvalue weighted by atomic mass is 10.2. The van der Waals surface area contributed by atoms with Gasteiger partial charge >= 0.3 is 5.97 Å². The molecule has 0 fully saturated rings. The molecule has 0 radical (unpaired) electrons. The lowest BCUT2D eigenvalue weighted by Gasteiger charge is -2.12. The fourth-order valence-corrected chi connectivity index (χ4v) is 3.92. The maximum absolute atomic E-state index is 13.6. The smallest absolute Gasteiger partial charge is 0.348 e. The highest BCUT2D eigenvalue weighted by Gasteiger charge is 2.16. The normalized spacial score (nSPS) is 12.1. The zero-order chi connectivity index (χ0) is 17.1. The zero-order valence-electron chi connectivity index (χ0n) is 12.7. The van der Waals surface area contributed by atoms with Gasteiger partial charge in [0.15, 0.2) is 6.61 Å². The van der Waals surface area contributed by atoms with Crippen LogP contribution in [-0.4, -0.2) is 18.5 Å². The number of amides is 1. The van der Waals surface area contributed by atoms with E-state index in [1.807, 2.05) is 24.4 Å². The van der Waals surface area contributed by atoms with Gasteiger partial charge in [-0.3, -0.25) is 4.79 Å². The third kappa shape index (κ3) is 3.63. The predicted octanol–water partition coefficient (Wildman–Crippen LogP) is 4.14. The molecular weight excluding hydrogens is 349 g/mol. The van der Waals surface area contributed by atoms with Crippen LogP contribution >= 0.6 is 22.7 Å². The van der Waals surface area contributed by atoms with Gasteiger partial charge in [0.1, 0.15) is 10.7 Å². The van der Waals surface area contributed by atoms with Crippen LogP contribution < -0.4 is 5.32 Å². The number of halogens is 1. The molecule has 0 spiro atoms. The van der Waals surface area contributed by atoms with E-state index < -0.39 is 5.97 Å². The Labute approximate surface area is 145 Å². The third-order valence-electron chi connectivity index (χ3n) is 3.39. The second kappa shape index (κ2) is 7.11. The van der Waals surface area contributed by atoms with Gasteiger partial charge in [-0.15, -0.1) is 22.7 Å². The Bertz CT molecular complexity index is 873. The van der Waals surface area contributed by atoms with Crippen LogP contribution in [0.3, 0.4) is 0 Å². The maximum Gasteiger partial charge on any atom is 0.348 e. The summed E-state index contributed by atoms with van der Waals surface area (Å²) in [4.78, 5) is 25.2. The summed E-state index contributed by atoms with van der Waals surface area (Å²) in [5.74, 6) is -1.39. The number of carbonyl (C=O) groups is 2. The topological polar surface area (TPSA) is 55.4 Å². The van der Waals surface area contributed by atoms with Crippen LogP contribution in [0.4, 0.5) is 4.39 Å². The molecule has 2 heterocycles. The molecule has 3 aromatic rings. The van der Waals surface area contributed by atoms with Gasteiger partial charge in [-0.25, -0.2) is 9.18 Å². The fraction of sp³-hybridized carbons (Fsp3) is 0.176. The highest BCUT2D eigenvalue weighted by molar-refractivity contribution is 7.20.